The van der Waals surface area contributed by atoms with E-state index in [-0.39, 0.29) is 25.7 Å². The third-order valence-electron chi connectivity index (χ3n) is 2.30. The van der Waals surface area contributed by atoms with Crippen LogP contribution in [0.2, 0.25) is 0 Å². The van der Waals surface area contributed by atoms with Crippen LogP contribution in [0.15, 0.2) is 0 Å². The predicted octanol–water partition coefficient (Wildman–Crippen LogP) is -1.30. The van der Waals surface area contributed by atoms with Crippen LogP contribution in [0.4, 0.5) is 0 Å². The molecule has 1 N–H and O–H groups in total. The largest absolute Gasteiger partial charge is 0.273 e. The zero-order chi connectivity index (χ0) is 11.0. The van der Waals surface area contributed by atoms with E-state index in [0.29, 0.717) is 0 Å². The van der Waals surface area contributed by atoms with Crippen LogP contribution in [-0.4, -0.2) is 33.6 Å². The van der Waals surface area contributed by atoms with Gasteiger partial charge in [-0.2, -0.15) is 10.0 Å². The van der Waals surface area contributed by atoms with E-state index in [4.69, 9.17) is 0 Å². The number of amides is 4. The molecule has 2 aliphatic rings. The maximum absolute atomic E-state index is 11.2. The maximum Gasteiger partial charge on any atom is 0.245 e. The molecule has 0 radical (unpaired) electrons. The fourth-order valence-corrected chi connectivity index (χ4v) is 1.48. The Kier molecular flexibility index (Phi) is 2.24. The minimum atomic E-state index is -0.424. The number of nitrogens with zero attached hydrogens (tertiary/aromatic N) is 2. The van der Waals surface area contributed by atoms with Gasteiger partial charge in [-0.1, -0.05) is 0 Å². The summed E-state index contributed by atoms with van der Waals surface area (Å²) in [6.45, 7) is 0. The average Bonchev–Trinajstić information content (AvgIpc) is 2.67. The molecule has 2 aliphatic heterocycles. The van der Waals surface area contributed by atoms with Gasteiger partial charge >= 0.3 is 0 Å². The summed E-state index contributed by atoms with van der Waals surface area (Å²) in [5.41, 5.74) is 2.25. The SMILES string of the molecule is O=C1CCC(=O)N1NN1C(=O)CCC1=O. The van der Waals surface area contributed by atoms with Gasteiger partial charge in [-0.05, 0) is 0 Å². The van der Waals surface area contributed by atoms with E-state index in [0.717, 1.165) is 10.0 Å². The van der Waals surface area contributed by atoms with E-state index < -0.39 is 23.6 Å². The first kappa shape index (κ1) is 9.78. The lowest BCUT2D eigenvalue weighted by atomic mass is 10.4. The molecule has 7 nitrogen and oxygen atoms in total. The second kappa shape index (κ2) is 3.43. The van der Waals surface area contributed by atoms with Gasteiger partial charge in [0.2, 0.25) is 23.6 Å². The lowest BCUT2D eigenvalue weighted by Crippen LogP contribution is -2.54. The van der Waals surface area contributed by atoms with Crippen molar-refractivity contribution >= 4 is 23.6 Å². The van der Waals surface area contributed by atoms with Crippen LogP contribution in [-0.2, 0) is 19.2 Å². The molecule has 0 bridgehead atoms. The van der Waals surface area contributed by atoms with Crippen molar-refractivity contribution < 1.29 is 19.2 Å². The summed E-state index contributed by atoms with van der Waals surface area (Å²) >= 11 is 0. The zero-order valence-electron chi connectivity index (χ0n) is 7.86. The monoisotopic (exact) mass is 211 g/mol. The molecule has 2 fully saturated rings. The van der Waals surface area contributed by atoms with E-state index in [9.17, 15) is 19.2 Å². The van der Waals surface area contributed by atoms with Crippen molar-refractivity contribution in [1.82, 2.24) is 15.6 Å². The molecule has 4 amide bonds. The van der Waals surface area contributed by atoms with Crippen molar-refractivity contribution in [3.05, 3.63) is 0 Å². The Morgan fingerprint density at radius 2 is 0.933 bits per heavy atom. The van der Waals surface area contributed by atoms with E-state index in [1.165, 1.54) is 0 Å². The van der Waals surface area contributed by atoms with Crippen molar-refractivity contribution in [2.24, 2.45) is 0 Å². The van der Waals surface area contributed by atoms with Gasteiger partial charge in [-0.15, -0.1) is 5.53 Å². The van der Waals surface area contributed by atoms with Gasteiger partial charge in [0.1, 0.15) is 0 Å². The van der Waals surface area contributed by atoms with Gasteiger partial charge in [-0.3, -0.25) is 19.2 Å². The lowest BCUT2D eigenvalue weighted by molar-refractivity contribution is -0.156. The first-order valence-electron chi connectivity index (χ1n) is 4.57. The molecule has 0 aromatic rings. The highest BCUT2D eigenvalue weighted by Crippen LogP contribution is 2.13. The minimum Gasteiger partial charge on any atom is -0.273 e. The van der Waals surface area contributed by atoms with Crippen LogP contribution in [0.5, 0.6) is 0 Å². The van der Waals surface area contributed by atoms with Crippen molar-refractivity contribution in [1.29, 1.82) is 0 Å². The number of hydrogen-bond acceptors (Lipinski definition) is 5. The average molecular weight is 211 g/mol. The molecule has 0 aliphatic carbocycles. The fraction of sp³-hybridized carbons (Fsp3) is 0.500. The maximum atomic E-state index is 11.2. The molecule has 0 spiro atoms. The summed E-state index contributed by atoms with van der Waals surface area (Å²) in [5, 5.41) is 1.45. The van der Waals surface area contributed by atoms with Gasteiger partial charge in [0.25, 0.3) is 0 Å². The second-order valence-electron chi connectivity index (χ2n) is 3.35. The Bertz CT molecular complexity index is 299. The molecule has 2 heterocycles. The van der Waals surface area contributed by atoms with Gasteiger partial charge in [-0.25, -0.2) is 0 Å². The summed E-state index contributed by atoms with van der Waals surface area (Å²) in [4.78, 5) is 44.7. The predicted molar refractivity (Wildman–Crippen MR) is 45.3 cm³/mol. The highest BCUT2D eigenvalue weighted by Gasteiger charge is 2.36. The Balaban J connectivity index is 2.08. The summed E-state index contributed by atoms with van der Waals surface area (Å²) < 4.78 is 0. The van der Waals surface area contributed by atoms with Crippen LogP contribution in [0.3, 0.4) is 0 Å². The lowest BCUT2D eigenvalue weighted by Gasteiger charge is -2.21. The first-order valence-corrected chi connectivity index (χ1v) is 4.57. The third-order valence-corrected chi connectivity index (χ3v) is 2.30. The van der Waals surface area contributed by atoms with Crippen LogP contribution < -0.4 is 5.53 Å². The Morgan fingerprint density at radius 3 is 1.20 bits per heavy atom. The van der Waals surface area contributed by atoms with Gasteiger partial charge in [0.15, 0.2) is 0 Å². The molecule has 0 atom stereocenters. The summed E-state index contributed by atoms with van der Waals surface area (Å²) in [5.74, 6) is -1.69. The van der Waals surface area contributed by atoms with Crippen LogP contribution >= 0.6 is 0 Å². The summed E-state index contributed by atoms with van der Waals surface area (Å²) in [6.07, 6.45) is 0.453. The van der Waals surface area contributed by atoms with Gasteiger partial charge in [0.05, 0.1) is 0 Å². The van der Waals surface area contributed by atoms with Crippen molar-refractivity contribution in [3.63, 3.8) is 0 Å². The number of carbonyl (C=O) groups is 4. The minimum absolute atomic E-state index is 0.113. The highest BCUT2D eigenvalue weighted by molar-refractivity contribution is 6.04. The molecule has 15 heavy (non-hydrogen) atoms. The van der Waals surface area contributed by atoms with Crippen molar-refractivity contribution in [3.8, 4) is 0 Å². The number of hydrazine groups is 2. The molecule has 0 aromatic heterocycles. The van der Waals surface area contributed by atoms with Crippen molar-refractivity contribution in [2.45, 2.75) is 25.7 Å². The van der Waals surface area contributed by atoms with Crippen LogP contribution in [0, 0.1) is 0 Å². The molecule has 2 saturated heterocycles. The van der Waals surface area contributed by atoms with E-state index in [1.54, 1.807) is 0 Å². The second-order valence-corrected chi connectivity index (χ2v) is 3.35. The standard InChI is InChI=1S/C8H9N3O4/c12-5-1-2-6(13)10(5)9-11-7(14)3-4-8(11)15/h9H,1-4H2. The number of rotatable bonds is 2. The van der Waals surface area contributed by atoms with Crippen LogP contribution in [0.25, 0.3) is 0 Å². The molecule has 0 saturated carbocycles. The summed E-state index contributed by atoms with van der Waals surface area (Å²) in [6, 6.07) is 0. The number of hydrogen-bond donors (Lipinski definition) is 1. The highest BCUT2D eigenvalue weighted by atomic mass is 16.2. The van der Waals surface area contributed by atoms with E-state index >= 15 is 0 Å². The normalized spacial score (nSPS) is 22.1. The van der Waals surface area contributed by atoms with Gasteiger partial charge in [0, 0.05) is 25.7 Å². The fourth-order valence-electron chi connectivity index (χ4n) is 1.48. The Morgan fingerprint density at radius 1 is 0.667 bits per heavy atom. The molecular weight excluding hydrogens is 202 g/mol. The molecular formula is C8H9N3O4. The third kappa shape index (κ3) is 1.61. The summed E-state index contributed by atoms with van der Waals surface area (Å²) in [7, 11) is 0. The first-order chi connectivity index (χ1) is 7.09. The van der Waals surface area contributed by atoms with Crippen molar-refractivity contribution in [2.75, 3.05) is 0 Å². The van der Waals surface area contributed by atoms with E-state index in [1.807, 2.05) is 0 Å². The molecule has 0 unspecified atom stereocenters. The van der Waals surface area contributed by atoms with Crippen LogP contribution in [0.1, 0.15) is 25.7 Å². The zero-order valence-corrected chi connectivity index (χ0v) is 7.86. The molecule has 2 rings (SSSR count). The van der Waals surface area contributed by atoms with E-state index in [2.05, 4.69) is 5.53 Å². The molecule has 0 aromatic carbocycles. The molecule has 80 valence electrons. The number of carbonyl (C=O) groups excluding carboxylic acids is 4. The van der Waals surface area contributed by atoms with Gasteiger partial charge < -0.3 is 0 Å². The topological polar surface area (TPSA) is 86.8 Å². The quantitative estimate of drug-likeness (QED) is 0.574. The number of imide groups is 2. The number of nitrogens with one attached hydrogen (secondary N) is 1. The Labute approximate surface area is 84.9 Å². The Hall–Kier alpha value is -1.76. The smallest absolute Gasteiger partial charge is 0.245 e. The molecule has 7 heteroatoms.